The first-order chi connectivity index (χ1) is 11.9. The number of hydrogen-bond donors (Lipinski definition) is 0. The molecule has 1 saturated heterocycles. The van der Waals surface area contributed by atoms with Gasteiger partial charge in [0.05, 0.1) is 12.6 Å². The van der Waals surface area contributed by atoms with E-state index in [1.54, 1.807) is 0 Å². The maximum Gasteiger partial charge on any atom is 0.200 e. The highest BCUT2D eigenvalue weighted by Gasteiger charge is 2.56. The van der Waals surface area contributed by atoms with Crippen molar-refractivity contribution in [3.8, 4) is 0 Å². The van der Waals surface area contributed by atoms with E-state index in [4.69, 9.17) is 12.3 Å². The third-order valence-electron chi connectivity index (χ3n) is 7.29. The Morgan fingerprint density at radius 3 is 2.50 bits per heavy atom. The molecule has 1 fully saturated rings. The van der Waals surface area contributed by atoms with Crippen LogP contribution >= 0.6 is 0 Å². The molecule has 0 spiro atoms. The Hall–Kier alpha value is -1.07. The van der Waals surface area contributed by atoms with Gasteiger partial charge in [-0.05, 0) is 40.6 Å². The average molecular weight is 369 g/mol. The zero-order chi connectivity index (χ0) is 19.5. The number of amides is 1. The van der Waals surface area contributed by atoms with E-state index in [1.165, 1.54) is 11.1 Å². The molecule has 2 aliphatic rings. The van der Waals surface area contributed by atoms with Crippen LogP contribution in [0.2, 0.25) is 18.1 Å². The van der Waals surface area contributed by atoms with Crippen LogP contribution in [-0.4, -0.2) is 46.1 Å². The second-order valence-corrected chi connectivity index (χ2v) is 14.9. The van der Waals surface area contributed by atoms with Gasteiger partial charge in [0.15, 0.2) is 14.1 Å². The molecule has 1 amide bonds. The van der Waals surface area contributed by atoms with Crippen LogP contribution in [0, 0.1) is 5.92 Å². The van der Waals surface area contributed by atoms with Gasteiger partial charge in [-0.3, -0.25) is 4.79 Å². The van der Waals surface area contributed by atoms with Gasteiger partial charge in [0, 0.05) is 12.5 Å². The molecule has 2 unspecified atom stereocenters. The van der Waals surface area contributed by atoms with E-state index < -0.39 is 8.32 Å². The molecule has 1 aromatic rings. The number of likely N-dealkylation sites (tertiary alicyclic amines) is 1. The summed E-state index contributed by atoms with van der Waals surface area (Å²) in [6.07, 6.45) is 0. The first-order valence-corrected chi connectivity index (χ1v) is 12.6. The number of benzene rings is 1. The van der Waals surface area contributed by atoms with Crippen LogP contribution in [0.5, 0.6) is 0 Å². The number of hydrogen-bond acceptors (Lipinski definition) is 2. The Labute approximate surface area is 161 Å². The van der Waals surface area contributed by atoms with E-state index in [0.29, 0.717) is 25.0 Å². The van der Waals surface area contributed by atoms with Crippen LogP contribution < -0.4 is 0 Å². The van der Waals surface area contributed by atoms with Gasteiger partial charge in [-0.1, -0.05) is 58.9 Å². The van der Waals surface area contributed by atoms with Gasteiger partial charge in [-0.15, -0.1) is 0 Å². The summed E-state index contributed by atoms with van der Waals surface area (Å²) < 4.78 is 6.54. The highest BCUT2D eigenvalue weighted by molar-refractivity contribution is 6.74. The highest BCUT2D eigenvalue weighted by atomic mass is 28.4. The summed E-state index contributed by atoms with van der Waals surface area (Å²) in [6.45, 7) is 17.2. The molecular weight excluding hydrogens is 337 g/mol. The number of fused-ring (bicyclic) bond motifs is 3. The fourth-order valence-electron chi connectivity index (χ4n) is 4.56. The number of rotatable bonds is 3. The zero-order valence-corrected chi connectivity index (χ0v) is 18.3. The third kappa shape index (κ3) is 2.97. The predicted molar refractivity (Wildman–Crippen MR) is 110 cm³/mol. The minimum Gasteiger partial charge on any atom is -0.415 e. The molecule has 3 atom stereocenters. The Balaban J connectivity index is 1.94. The van der Waals surface area contributed by atoms with Gasteiger partial charge in [0.2, 0.25) is 7.85 Å². The molecule has 1 heterocycles. The van der Waals surface area contributed by atoms with Crippen LogP contribution in [0.25, 0.3) is 0 Å². The van der Waals surface area contributed by atoms with Crippen molar-refractivity contribution in [3.63, 3.8) is 0 Å². The van der Waals surface area contributed by atoms with Crippen molar-refractivity contribution >= 4 is 22.0 Å². The molecule has 140 valence electrons. The van der Waals surface area contributed by atoms with Crippen molar-refractivity contribution in [2.45, 2.75) is 70.1 Å². The number of carbonyl (C=O) groups is 1. The largest absolute Gasteiger partial charge is 0.415 e. The predicted octanol–water partition coefficient (Wildman–Crippen LogP) is 4.67. The molecule has 2 radical (unpaired) electrons. The smallest absolute Gasteiger partial charge is 0.200 e. The SMILES string of the molecule is [B]C(=O)N1CC2C(c3ccccc3C2(C)C)[C@H]1CO[Si](C)(C)C(C)(C)C. The lowest BCUT2D eigenvalue weighted by molar-refractivity contribution is 0.169. The Kier molecular flexibility index (Phi) is 4.72. The first kappa shape index (κ1) is 19.7. The van der Waals surface area contributed by atoms with Crippen molar-refractivity contribution in [2.24, 2.45) is 5.92 Å². The molecule has 1 aliphatic heterocycles. The Morgan fingerprint density at radius 2 is 1.92 bits per heavy atom. The number of carbonyl (C=O) groups excluding carboxylic acids is 1. The van der Waals surface area contributed by atoms with Crippen molar-refractivity contribution in [2.75, 3.05) is 13.2 Å². The maximum atomic E-state index is 12.2. The summed E-state index contributed by atoms with van der Waals surface area (Å²) in [7, 11) is 3.88. The molecule has 1 aromatic carbocycles. The van der Waals surface area contributed by atoms with Crippen LogP contribution in [0.15, 0.2) is 24.3 Å². The van der Waals surface area contributed by atoms with Gasteiger partial charge < -0.3 is 9.33 Å². The van der Waals surface area contributed by atoms with E-state index in [9.17, 15) is 4.79 Å². The summed E-state index contributed by atoms with van der Waals surface area (Å²) in [5.41, 5.74) is 2.83. The molecule has 3 nitrogen and oxygen atoms in total. The minimum atomic E-state index is -1.89. The topological polar surface area (TPSA) is 29.5 Å². The highest BCUT2D eigenvalue weighted by Crippen LogP contribution is 2.56. The summed E-state index contributed by atoms with van der Waals surface area (Å²) in [4.78, 5) is 14.1. The lowest BCUT2D eigenvalue weighted by Gasteiger charge is -2.39. The molecule has 1 aliphatic carbocycles. The van der Waals surface area contributed by atoms with Crippen LogP contribution in [-0.2, 0) is 9.84 Å². The second kappa shape index (κ2) is 6.23. The summed E-state index contributed by atoms with van der Waals surface area (Å²) in [6, 6.07) is 8.72. The fourth-order valence-corrected chi connectivity index (χ4v) is 5.58. The van der Waals surface area contributed by atoms with E-state index in [2.05, 4.69) is 72.0 Å². The third-order valence-corrected chi connectivity index (χ3v) is 11.8. The Bertz CT molecular complexity index is 710. The molecule has 26 heavy (non-hydrogen) atoms. The minimum absolute atomic E-state index is 0.0227. The van der Waals surface area contributed by atoms with Crippen LogP contribution in [0.4, 0.5) is 4.79 Å². The van der Waals surface area contributed by atoms with Gasteiger partial charge in [0.1, 0.15) is 0 Å². The lowest BCUT2D eigenvalue weighted by atomic mass is 9.76. The second-order valence-electron chi connectivity index (χ2n) is 10.1. The van der Waals surface area contributed by atoms with Crippen molar-refractivity contribution < 1.29 is 9.22 Å². The standard InChI is InChI=1S/C21H32BNO2Si/c1-20(2,3)26(6,7)25-13-17-18-14-10-8-9-11-15(14)21(4,5)16(18)12-23(17)19(22)24/h8-11,16-18H,12-13H2,1-7H3/t16?,17-,18?/m1/s1. The Morgan fingerprint density at radius 1 is 1.31 bits per heavy atom. The first-order valence-electron chi connectivity index (χ1n) is 9.67. The van der Waals surface area contributed by atoms with Crippen molar-refractivity contribution in [1.82, 2.24) is 4.90 Å². The van der Waals surface area contributed by atoms with Gasteiger partial charge in [0.25, 0.3) is 0 Å². The van der Waals surface area contributed by atoms with Gasteiger partial charge >= 0.3 is 0 Å². The average Bonchev–Trinajstić information content (AvgIpc) is 3.00. The molecule has 0 N–H and O–H groups in total. The van der Waals surface area contributed by atoms with Gasteiger partial charge in [-0.25, -0.2) is 0 Å². The molecular formula is C21H32BNO2Si. The molecule has 0 bridgehead atoms. The van der Waals surface area contributed by atoms with Gasteiger partial charge in [-0.2, -0.15) is 0 Å². The molecule has 0 aromatic heterocycles. The van der Waals surface area contributed by atoms with Crippen molar-refractivity contribution in [3.05, 3.63) is 35.4 Å². The van der Waals surface area contributed by atoms with E-state index in [0.717, 1.165) is 0 Å². The molecule has 5 heteroatoms. The maximum absolute atomic E-state index is 12.2. The summed E-state index contributed by atoms with van der Waals surface area (Å²) in [5.74, 6) is 0.371. The monoisotopic (exact) mass is 369 g/mol. The zero-order valence-electron chi connectivity index (χ0n) is 17.3. The van der Waals surface area contributed by atoms with Crippen LogP contribution in [0.1, 0.15) is 51.7 Å². The normalized spacial score (nSPS) is 27.3. The summed E-state index contributed by atoms with van der Waals surface area (Å²) >= 11 is 0. The molecule has 3 rings (SSSR count). The summed E-state index contributed by atoms with van der Waals surface area (Å²) in [5, 5.41) is 0.148. The van der Waals surface area contributed by atoms with E-state index >= 15 is 0 Å². The quantitative estimate of drug-likeness (QED) is 0.725. The fraction of sp³-hybridized carbons (Fsp3) is 0.667. The lowest BCUT2D eigenvalue weighted by Crippen LogP contribution is -2.47. The number of nitrogens with zero attached hydrogens (tertiary/aromatic N) is 1. The van der Waals surface area contributed by atoms with E-state index in [-0.39, 0.29) is 22.3 Å². The van der Waals surface area contributed by atoms with Crippen LogP contribution in [0.3, 0.4) is 0 Å². The molecule has 0 saturated carbocycles. The van der Waals surface area contributed by atoms with Crippen molar-refractivity contribution in [1.29, 1.82) is 0 Å². The van der Waals surface area contributed by atoms with E-state index in [1.807, 2.05) is 4.90 Å².